The zero-order valence-corrected chi connectivity index (χ0v) is 8.93. The second-order valence-corrected chi connectivity index (χ2v) is 3.67. The van der Waals surface area contributed by atoms with Crippen molar-refractivity contribution >= 4 is 0 Å². The Bertz CT molecular complexity index is 572. The van der Waals surface area contributed by atoms with Crippen LogP contribution < -0.4 is 0 Å². The quantitative estimate of drug-likeness (QED) is 0.653. The van der Waals surface area contributed by atoms with Crippen molar-refractivity contribution in [3.63, 3.8) is 0 Å². The van der Waals surface area contributed by atoms with Gasteiger partial charge in [0.25, 0.3) is 0 Å². The molecule has 0 aliphatic heterocycles. The molecule has 0 fully saturated rings. The highest BCUT2D eigenvalue weighted by Crippen LogP contribution is 2.34. The summed E-state index contributed by atoms with van der Waals surface area (Å²) >= 11 is 0. The van der Waals surface area contributed by atoms with Gasteiger partial charge in [-0.25, -0.2) is 8.78 Å². The molecule has 0 heterocycles. The molecule has 0 atom stereocenters. The average molecular weight is 258 g/mol. The fourth-order valence-corrected chi connectivity index (χ4v) is 1.59. The first kappa shape index (κ1) is 12.5. The van der Waals surface area contributed by atoms with Gasteiger partial charge in [0.05, 0.1) is 5.56 Å². The first-order valence-corrected chi connectivity index (χ1v) is 5.01. The second kappa shape index (κ2) is 4.40. The Labute approximate surface area is 99.7 Å². The lowest BCUT2D eigenvalue weighted by Gasteiger charge is -2.10. The molecule has 0 aromatic heterocycles. The minimum atomic E-state index is -4.59. The van der Waals surface area contributed by atoms with E-state index < -0.39 is 28.9 Å². The van der Waals surface area contributed by atoms with Gasteiger partial charge in [0.15, 0.2) is 0 Å². The maximum absolute atomic E-state index is 13.5. The van der Waals surface area contributed by atoms with Crippen molar-refractivity contribution in [1.82, 2.24) is 0 Å². The first-order valence-electron chi connectivity index (χ1n) is 5.01. The van der Waals surface area contributed by atoms with Gasteiger partial charge in [0.2, 0.25) is 0 Å². The van der Waals surface area contributed by atoms with Crippen LogP contribution in [0.4, 0.5) is 22.0 Å². The minimum Gasteiger partial charge on any atom is -0.206 e. The zero-order chi connectivity index (χ0) is 13.3. The highest BCUT2D eigenvalue weighted by Gasteiger charge is 2.31. The Balaban J connectivity index is 2.61. The Morgan fingerprint density at radius 3 is 1.94 bits per heavy atom. The van der Waals surface area contributed by atoms with Crippen LogP contribution in [0.5, 0.6) is 0 Å². The predicted octanol–water partition coefficient (Wildman–Crippen LogP) is 4.65. The molecule has 0 N–H and O–H groups in total. The van der Waals surface area contributed by atoms with Gasteiger partial charge < -0.3 is 0 Å². The van der Waals surface area contributed by atoms with Crippen LogP contribution in [0.2, 0.25) is 0 Å². The molecule has 94 valence electrons. The number of hydrogen-bond acceptors (Lipinski definition) is 0. The number of rotatable bonds is 1. The number of alkyl halides is 3. The molecular weight excluding hydrogens is 251 g/mol. The van der Waals surface area contributed by atoms with Crippen molar-refractivity contribution in [1.29, 1.82) is 0 Å². The van der Waals surface area contributed by atoms with Crippen LogP contribution in [0.15, 0.2) is 42.5 Å². The molecule has 0 nitrogen and oxygen atoms in total. The fraction of sp³-hybridized carbons (Fsp3) is 0.0769. The van der Waals surface area contributed by atoms with E-state index in [9.17, 15) is 22.0 Å². The highest BCUT2D eigenvalue weighted by molar-refractivity contribution is 5.65. The molecule has 2 aromatic carbocycles. The molecule has 0 unspecified atom stereocenters. The summed E-state index contributed by atoms with van der Waals surface area (Å²) in [5.41, 5.74) is -1.61. The van der Waals surface area contributed by atoms with E-state index in [-0.39, 0.29) is 5.56 Å². The SMILES string of the molecule is Fc1ccccc1-c1cc(C(F)(F)F)ccc1F. The summed E-state index contributed by atoms with van der Waals surface area (Å²) in [4.78, 5) is 0. The molecule has 0 saturated heterocycles. The van der Waals surface area contributed by atoms with Crippen molar-refractivity contribution in [2.45, 2.75) is 6.18 Å². The third kappa shape index (κ3) is 2.34. The smallest absolute Gasteiger partial charge is 0.206 e. The summed E-state index contributed by atoms with van der Waals surface area (Å²) in [6, 6.07) is 7.02. The average Bonchev–Trinajstić information content (AvgIpc) is 2.29. The Hall–Kier alpha value is -1.91. The molecule has 18 heavy (non-hydrogen) atoms. The van der Waals surface area contributed by atoms with Gasteiger partial charge in [-0.1, -0.05) is 18.2 Å². The van der Waals surface area contributed by atoms with Crippen LogP contribution >= 0.6 is 0 Å². The topological polar surface area (TPSA) is 0 Å². The lowest BCUT2D eigenvalue weighted by Crippen LogP contribution is -2.05. The molecule has 0 aliphatic rings. The monoisotopic (exact) mass is 258 g/mol. The number of halogens is 5. The van der Waals surface area contributed by atoms with Gasteiger partial charge in [-0.2, -0.15) is 13.2 Å². The van der Waals surface area contributed by atoms with Crippen molar-refractivity contribution in [3.05, 3.63) is 59.7 Å². The molecule has 2 aromatic rings. The minimum absolute atomic E-state index is 0.193. The van der Waals surface area contributed by atoms with E-state index in [0.717, 1.165) is 6.07 Å². The summed E-state index contributed by atoms with van der Waals surface area (Å²) in [7, 11) is 0. The maximum atomic E-state index is 13.5. The summed E-state index contributed by atoms with van der Waals surface area (Å²) in [6.45, 7) is 0. The van der Waals surface area contributed by atoms with Gasteiger partial charge in [0, 0.05) is 11.1 Å². The number of hydrogen-bond donors (Lipinski definition) is 0. The molecule has 0 bridgehead atoms. The van der Waals surface area contributed by atoms with Crippen molar-refractivity contribution in [2.24, 2.45) is 0 Å². The number of benzene rings is 2. The van der Waals surface area contributed by atoms with Crippen LogP contribution in [0.3, 0.4) is 0 Å². The maximum Gasteiger partial charge on any atom is 0.416 e. The van der Waals surface area contributed by atoms with Crippen LogP contribution in [0.25, 0.3) is 11.1 Å². The summed E-state index contributed by atoms with van der Waals surface area (Å²) in [6.07, 6.45) is -4.59. The van der Waals surface area contributed by atoms with Crippen LogP contribution in [0.1, 0.15) is 5.56 Å². The van der Waals surface area contributed by atoms with Crippen molar-refractivity contribution in [2.75, 3.05) is 0 Å². The van der Waals surface area contributed by atoms with Gasteiger partial charge in [0.1, 0.15) is 11.6 Å². The lowest BCUT2D eigenvalue weighted by atomic mass is 10.0. The Morgan fingerprint density at radius 2 is 1.33 bits per heavy atom. The lowest BCUT2D eigenvalue weighted by molar-refractivity contribution is -0.137. The van der Waals surface area contributed by atoms with E-state index >= 15 is 0 Å². The van der Waals surface area contributed by atoms with Crippen LogP contribution in [0, 0.1) is 11.6 Å². The first-order chi connectivity index (χ1) is 8.39. The zero-order valence-electron chi connectivity index (χ0n) is 8.93. The van der Waals surface area contributed by atoms with Crippen LogP contribution in [-0.2, 0) is 6.18 Å². The van der Waals surface area contributed by atoms with Gasteiger partial charge in [-0.05, 0) is 24.3 Å². The summed E-state index contributed by atoms with van der Waals surface area (Å²) in [5, 5.41) is 0. The summed E-state index contributed by atoms with van der Waals surface area (Å²) < 4.78 is 64.4. The molecule has 2 rings (SSSR count). The fourth-order valence-electron chi connectivity index (χ4n) is 1.59. The second-order valence-electron chi connectivity index (χ2n) is 3.67. The Kier molecular flexibility index (Phi) is 3.07. The van der Waals surface area contributed by atoms with E-state index in [4.69, 9.17) is 0 Å². The molecule has 0 spiro atoms. The van der Waals surface area contributed by atoms with Crippen molar-refractivity contribution in [3.8, 4) is 11.1 Å². The van der Waals surface area contributed by atoms with Gasteiger partial charge >= 0.3 is 6.18 Å². The molecule has 5 heteroatoms. The molecule has 0 saturated carbocycles. The highest BCUT2D eigenvalue weighted by atomic mass is 19.4. The van der Waals surface area contributed by atoms with E-state index in [1.165, 1.54) is 18.2 Å². The molecule has 0 radical (unpaired) electrons. The normalized spacial score (nSPS) is 11.6. The van der Waals surface area contributed by atoms with Crippen molar-refractivity contribution < 1.29 is 22.0 Å². The molecule has 0 aliphatic carbocycles. The van der Waals surface area contributed by atoms with Crippen LogP contribution in [-0.4, -0.2) is 0 Å². The Morgan fingerprint density at radius 1 is 0.722 bits per heavy atom. The standard InChI is InChI=1S/C13H7F5/c14-11-4-2-1-3-9(11)10-7-8(13(16,17)18)5-6-12(10)15/h1-7H. The van der Waals surface area contributed by atoms with E-state index in [1.54, 1.807) is 0 Å². The van der Waals surface area contributed by atoms with E-state index in [0.29, 0.717) is 18.2 Å². The predicted molar refractivity (Wildman–Crippen MR) is 56.8 cm³/mol. The van der Waals surface area contributed by atoms with E-state index in [2.05, 4.69) is 0 Å². The third-order valence-electron chi connectivity index (χ3n) is 2.46. The largest absolute Gasteiger partial charge is 0.416 e. The third-order valence-corrected chi connectivity index (χ3v) is 2.46. The summed E-state index contributed by atoms with van der Waals surface area (Å²) in [5.74, 6) is -1.66. The van der Waals surface area contributed by atoms with Gasteiger partial charge in [-0.15, -0.1) is 0 Å². The molecular formula is C13H7F5. The van der Waals surface area contributed by atoms with Gasteiger partial charge in [-0.3, -0.25) is 0 Å². The molecule has 0 amide bonds. The van der Waals surface area contributed by atoms with E-state index in [1.807, 2.05) is 0 Å².